The molecule has 0 atom stereocenters. The summed E-state index contributed by atoms with van der Waals surface area (Å²) in [5.74, 6) is 1.41. The van der Waals surface area contributed by atoms with Gasteiger partial charge in [0.05, 0.1) is 23.7 Å². The van der Waals surface area contributed by atoms with Crippen molar-refractivity contribution in [3.8, 4) is 0 Å². The molecule has 0 bridgehead atoms. The van der Waals surface area contributed by atoms with E-state index in [-0.39, 0.29) is 31.4 Å². The van der Waals surface area contributed by atoms with Crippen LogP contribution in [0.15, 0.2) is 10.6 Å². The average molecular weight is 421 g/mol. The van der Waals surface area contributed by atoms with Crippen molar-refractivity contribution in [2.75, 3.05) is 49.4 Å². The number of hydrogen-bond acceptors (Lipinski definition) is 8. The lowest BCUT2D eigenvalue weighted by molar-refractivity contribution is 0.202. The van der Waals surface area contributed by atoms with Gasteiger partial charge in [0, 0.05) is 36.4 Å². The first kappa shape index (κ1) is 23.0. The Kier molecular flexibility index (Phi) is 14.9. The van der Waals surface area contributed by atoms with Crippen molar-refractivity contribution in [1.82, 2.24) is 20.7 Å². The van der Waals surface area contributed by atoms with Crippen LogP contribution in [-0.2, 0) is 0 Å². The highest BCUT2D eigenvalue weighted by Gasteiger charge is 2.13. The number of carbonyl (C=O) groups is 2. The maximum Gasteiger partial charge on any atom is 0.340 e. The van der Waals surface area contributed by atoms with E-state index in [2.05, 4.69) is 21.2 Å². The van der Waals surface area contributed by atoms with Gasteiger partial charge in [-0.3, -0.25) is 0 Å². The fourth-order valence-corrected chi connectivity index (χ4v) is 3.32. The van der Waals surface area contributed by atoms with Crippen molar-refractivity contribution in [3.63, 3.8) is 0 Å². The zero-order chi connectivity index (χ0) is 18.2. The molecule has 0 heterocycles. The normalized spacial score (nSPS) is 9.92. The molecule has 10 nitrogen and oxygen atoms in total. The van der Waals surface area contributed by atoms with Crippen LogP contribution in [0.4, 0.5) is 9.59 Å². The molecular weight excluding hydrogens is 403 g/mol. The predicted octanol–water partition coefficient (Wildman–Crippen LogP) is 2.23. The molecule has 24 heavy (non-hydrogen) atoms. The number of amides is 4. The first-order valence-electron chi connectivity index (χ1n) is 6.74. The van der Waals surface area contributed by atoms with Gasteiger partial charge in [-0.15, -0.1) is 33.0 Å². The number of nitrogens with one attached hydrogen (secondary N) is 2. The van der Waals surface area contributed by atoms with E-state index in [4.69, 9.17) is 23.2 Å². The first-order valence-corrected chi connectivity index (χ1v) is 10.3. The third-order valence-electron chi connectivity index (χ3n) is 2.26. The van der Waals surface area contributed by atoms with Gasteiger partial charge in [0.2, 0.25) is 0 Å². The Hall–Kier alpha value is -0.980. The minimum absolute atomic E-state index is 0.0408. The summed E-state index contributed by atoms with van der Waals surface area (Å²) in [6.45, 7) is 0.778. The number of nitroso groups, excluding NO2 is 2. The van der Waals surface area contributed by atoms with Gasteiger partial charge in [0.1, 0.15) is 0 Å². The zero-order valence-electron chi connectivity index (χ0n) is 12.7. The number of urea groups is 2. The van der Waals surface area contributed by atoms with Crippen LogP contribution in [-0.4, -0.2) is 71.5 Å². The molecule has 0 aromatic rings. The molecule has 0 fully saturated rings. The zero-order valence-corrected chi connectivity index (χ0v) is 15.8. The van der Waals surface area contributed by atoms with Crippen molar-refractivity contribution < 1.29 is 9.59 Å². The maximum atomic E-state index is 11.5. The Labute approximate surface area is 157 Å². The van der Waals surface area contributed by atoms with Crippen molar-refractivity contribution in [3.05, 3.63) is 9.81 Å². The van der Waals surface area contributed by atoms with Crippen LogP contribution in [0.3, 0.4) is 0 Å². The molecule has 0 aromatic carbocycles. The number of halogens is 2. The predicted molar refractivity (Wildman–Crippen MR) is 98.2 cm³/mol. The van der Waals surface area contributed by atoms with Crippen LogP contribution in [0.2, 0.25) is 0 Å². The van der Waals surface area contributed by atoms with Crippen LogP contribution < -0.4 is 10.6 Å². The molecule has 0 aliphatic rings. The van der Waals surface area contributed by atoms with Gasteiger partial charge in [0.15, 0.2) is 0 Å². The van der Waals surface area contributed by atoms with Crippen LogP contribution in [0.25, 0.3) is 0 Å². The van der Waals surface area contributed by atoms with Crippen molar-refractivity contribution >= 4 is 56.9 Å². The van der Waals surface area contributed by atoms with Gasteiger partial charge in [-0.1, -0.05) is 21.6 Å². The summed E-state index contributed by atoms with van der Waals surface area (Å²) in [4.78, 5) is 43.9. The summed E-state index contributed by atoms with van der Waals surface area (Å²) < 4.78 is 0. The second kappa shape index (κ2) is 15.5. The molecule has 0 saturated carbocycles. The van der Waals surface area contributed by atoms with Gasteiger partial charge in [-0.25, -0.2) is 9.59 Å². The standard InChI is InChI=1S/C10H18Cl2N6O4S2/c11-1-3-13-9(19)18(16-22)6-8-24-23-7-4-14-10(20)17(15-21)5-2-12/h1-8H2,(H,13,19)(H,14,20). The Morgan fingerprint density at radius 2 is 1.38 bits per heavy atom. The van der Waals surface area contributed by atoms with Crippen LogP contribution in [0.1, 0.15) is 0 Å². The Bertz CT molecular complexity index is 410. The highest BCUT2D eigenvalue weighted by molar-refractivity contribution is 8.76. The minimum atomic E-state index is -0.608. The third-order valence-corrected chi connectivity index (χ3v) is 5.01. The van der Waals surface area contributed by atoms with E-state index < -0.39 is 12.1 Å². The Morgan fingerprint density at radius 3 is 1.92 bits per heavy atom. The molecule has 0 saturated heterocycles. The molecular formula is C10H18Cl2N6O4S2. The quantitative estimate of drug-likeness (QED) is 0.155. The van der Waals surface area contributed by atoms with E-state index in [1.165, 1.54) is 21.6 Å². The minimum Gasteiger partial charge on any atom is -0.336 e. The Morgan fingerprint density at radius 1 is 0.833 bits per heavy atom. The van der Waals surface area contributed by atoms with E-state index in [0.29, 0.717) is 23.1 Å². The summed E-state index contributed by atoms with van der Waals surface area (Å²) >= 11 is 10.9. The molecule has 0 aromatic heterocycles. The average Bonchev–Trinajstić information content (AvgIpc) is 2.59. The number of nitrogens with zero attached hydrogens (tertiary/aromatic N) is 4. The Balaban J connectivity index is 3.75. The molecule has 0 aliphatic heterocycles. The fourth-order valence-electron chi connectivity index (χ4n) is 1.22. The van der Waals surface area contributed by atoms with Gasteiger partial charge in [-0.2, -0.15) is 10.0 Å². The SMILES string of the molecule is O=NN(CCCl)C(=O)NCCSSCCN(N=O)C(=O)NCCCl. The van der Waals surface area contributed by atoms with Gasteiger partial charge in [-0.05, 0) is 0 Å². The van der Waals surface area contributed by atoms with Crippen molar-refractivity contribution in [2.24, 2.45) is 10.6 Å². The summed E-state index contributed by atoms with van der Waals surface area (Å²) in [5.41, 5.74) is 0. The second-order valence-electron chi connectivity index (χ2n) is 3.90. The highest BCUT2D eigenvalue weighted by Crippen LogP contribution is 2.20. The van der Waals surface area contributed by atoms with Crippen molar-refractivity contribution in [1.29, 1.82) is 0 Å². The van der Waals surface area contributed by atoms with E-state index in [1.54, 1.807) is 0 Å². The number of rotatable bonds is 13. The molecule has 0 spiro atoms. The van der Waals surface area contributed by atoms with E-state index >= 15 is 0 Å². The second-order valence-corrected chi connectivity index (χ2v) is 7.35. The number of carbonyl (C=O) groups excluding carboxylic acids is 2. The van der Waals surface area contributed by atoms with Gasteiger partial charge < -0.3 is 10.6 Å². The molecule has 138 valence electrons. The van der Waals surface area contributed by atoms with E-state index in [9.17, 15) is 19.4 Å². The van der Waals surface area contributed by atoms with Crippen LogP contribution in [0, 0.1) is 9.81 Å². The molecule has 0 radical (unpaired) electrons. The lowest BCUT2D eigenvalue weighted by Gasteiger charge is -2.14. The van der Waals surface area contributed by atoms with E-state index in [0.717, 1.165) is 5.01 Å². The van der Waals surface area contributed by atoms with Crippen LogP contribution >= 0.6 is 44.8 Å². The largest absolute Gasteiger partial charge is 0.340 e. The maximum absolute atomic E-state index is 11.5. The summed E-state index contributed by atoms with van der Waals surface area (Å²) in [5, 5.41) is 11.6. The van der Waals surface area contributed by atoms with E-state index in [1.807, 2.05) is 0 Å². The third kappa shape index (κ3) is 10.7. The monoisotopic (exact) mass is 420 g/mol. The molecule has 2 N–H and O–H groups in total. The number of hydrogen-bond donors (Lipinski definition) is 2. The van der Waals surface area contributed by atoms with Gasteiger partial charge in [0.25, 0.3) is 0 Å². The van der Waals surface area contributed by atoms with Gasteiger partial charge >= 0.3 is 12.1 Å². The molecule has 0 aliphatic carbocycles. The van der Waals surface area contributed by atoms with Crippen molar-refractivity contribution in [2.45, 2.75) is 0 Å². The molecule has 0 rings (SSSR count). The highest BCUT2D eigenvalue weighted by atomic mass is 35.5. The lowest BCUT2D eigenvalue weighted by Crippen LogP contribution is -2.38. The number of alkyl halides is 2. The lowest BCUT2D eigenvalue weighted by atomic mass is 10.6. The molecule has 4 amide bonds. The molecule has 0 unspecified atom stereocenters. The summed E-state index contributed by atoms with van der Waals surface area (Å²) in [6, 6.07) is -1.20. The summed E-state index contributed by atoms with van der Waals surface area (Å²) in [7, 11) is 2.85. The van der Waals surface area contributed by atoms with Crippen LogP contribution in [0.5, 0.6) is 0 Å². The smallest absolute Gasteiger partial charge is 0.336 e. The molecule has 14 heteroatoms. The fraction of sp³-hybridized carbons (Fsp3) is 0.800. The topological polar surface area (TPSA) is 124 Å². The summed E-state index contributed by atoms with van der Waals surface area (Å²) in [6.07, 6.45) is 0. The first-order chi connectivity index (χ1) is 11.6.